The van der Waals surface area contributed by atoms with Gasteiger partial charge in [0.05, 0.1) is 22.1 Å². The van der Waals surface area contributed by atoms with E-state index in [2.05, 4.69) is 63.2 Å². The summed E-state index contributed by atoms with van der Waals surface area (Å²) in [5.41, 5.74) is 7.09. The molecule has 2 aliphatic rings. The molecule has 3 aromatic carbocycles. The Morgan fingerprint density at radius 1 is 0.706 bits per heavy atom. The number of hydrogen-bond donors (Lipinski definition) is 2. The number of aromatic nitrogens is 4. The number of fused-ring (bicyclic) bond motifs is 3. The summed E-state index contributed by atoms with van der Waals surface area (Å²) >= 11 is 0. The molecule has 2 aliphatic heterocycles. The Balaban J connectivity index is 1.20. The topological polar surface area (TPSA) is 82.3 Å². The van der Waals surface area contributed by atoms with E-state index in [0.29, 0.717) is 0 Å². The van der Waals surface area contributed by atoms with E-state index in [1.54, 1.807) is 0 Å². The van der Waals surface area contributed by atoms with Gasteiger partial charge in [-0.1, -0.05) is 0 Å². The van der Waals surface area contributed by atoms with Crippen LogP contribution in [0.25, 0.3) is 44.8 Å². The lowest BCUT2D eigenvalue weighted by Gasteiger charge is -2.34. The average molecular weight is 453 g/mol. The molecular formula is C26H24N6O2. The molecule has 0 aliphatic carbocycles. The Morgan fingerprint density at radius 3 is 2.15 bits per heavy atom. The van der Waals surface area contributed by atoms with Gasteiger partial charge in [0, 0.05) is 43.0 Å². The van der Waals surface area contributed by atoms with Crippen molar-refractivity contribution in [2.45, 2.75) is 0 Å². The van der Waals surface area contributed by atoms with Gasteiger partial charge in [-0.15, -0.1) is 0 Å². The standard InChI is InChI=1S/C26H24N6O2/c1-31-8-10-32(11-9-31)18-4-6-20-22(14-18)30-25(28-20)16-2-5-19-21(12-16)29-26(27-19)17-3-7-23-24(13-17)34-15-33-23/h2-7,12-14H,8-11,15H2,1H3,(H,27,29)(H,28,30). The van der Waals surface area contributed by atoms with Crippen LogP contribution in [0.1, 0.15) is 0 Å². The zero-order chi connectivity index (χ0) is 22.6. The van der Waals surface area contributed by atoms with Crippen molar-refractivity contribution in [1.82, 2.24) is 24.8 Å². The van der Waals surface area contributed by atoms with E-state index < -0.39 is 0 Å². The normalized spacial score (nSPS) is 16.1. The molecule has 1 saturated heterocycles. The monoisotopic (exact) mass is 452 g/mol. The highest BCUT2D eigenvalue weighted by atomic mass is 16.7. The maximum absolute atomic E-state index is 5.51. The molecule has 0 bridgehead atoms. The van der Waals surface area contributed by atoms with E-state index >= 15 is 0 Å². The molecule has 0 spiro atoms. The third kappa shape index (κ3) is 3.26. The number of benzene rings is 3. The molecule has 4 heterocycles. The van der Waals surface area contributed by atoms with E-state index in [1.807, 2.05) is 18.2 Å². The Hall–Kier alpha value is -4.04. The van der Waals surface area contributed by atoms with Crippen LogP contribution in [0.2, 0.25) is 0 Å². The number of rotatable bonds is 3. The van der Waals surface area contributed by atoms with Crippen LogP contribution < -0.4 is 14.4 Å². The van der Waals surface area contributed by atoms with E-state index in [4.69, 9.17) is 19.4 Å². The number of imidazole rings is 2. The lowest BCUT2D eigenvalue weighted by atomic mass is 10.2. The van der Waals surface area contributed by atoms with Gasteiger partial charge in [-0.3, -0.25) is 0 Å². The van der Waals surface area contributed by atoms with Crippen LogP contribution in [-0.2, 0) is 0 Å². The summed E-state index contributed by atoms with van der Waals surface area (Å²) in [6.07, 6.45) is 0. The highest BCUT2D eigenvalue weighted by molar-refractivity contribution is 5.87. The minimum absolute atomic E-state index is 0.261. The van der Waals surface area contributed by atoms with Crippen molar-refractivity contribution in [3.63, 3.8) is 0 Å². The summed E-state index contributed by atoms with van der Waals surface area (Å²) in [4.78, 5) is 21.4. The summed E-state index contributed by atoms with van der Waals surface area (Å²) in [6.45, 7) is 4.52. The van der Waals surface area contributed by atoms with Crippen molar-refractivity contribution in [3.8, 4) is 34.3 Å². The number of ether oxygens (including phenoxy) is 2. The van der Waals surface area contributed by atoms with E-state index in [9.17, 15) is 0 Å². The van der Waals surface area contributed by atoms with Crippen molar-refractivity contribution in [2.24, 2.45) is 0 Å². The third-order valence-corrected chi connectivity index (χ3v) is 6.74. The Labute approximate surface area is 196 Å². The predicted molar refractivity (Wildman–Crippen MR) is 132 cm³/mol. The first kappa shape index (κ1) is 19.4. The van der Waals surface area contributed by atoms with E-state index in [0.717, 1.165) is 82.5 Å². The second-order valence-corrected chi connectivity index (χ2v) is 8.96. The SMILES string of the molecule is CN1CCN(c2ccc3[nH]c(-c4ccc5[nH]c(-c6ccc7c(c6)OCO7)nc5c4)nc3c2)CC1. The zero-order valence-electron chi connectivity index (χ0n) is 18.8. The highest BCUT2D eigenvalue weighted by Crippen LogP contribution is 2.36. The summed E-state index contributed by atoms with van der Waals surface area (Å²) in [5, 5.41) is 0. The first-order valence-corrected chi connectivity index (χ1v) is 11.5. The third-order valence-electron chi connectivity index (χ3n) is 6.74. The van der Waals surface area contributed by atoms with Gasteiger partial charge in [-0.05, 0) is 61.6 Å². The summed E-state index contributed by atoms with van der Waals surface area (Å²) < 4.78 is 10.9. The second kappa shape index (κ2) is 7.50. The first-order chi connectivity index (χ1) is 16.7. The van der Waals surface area contributed by atoms with Crippen molar-refractivity contribution < 1.29 is 9.47 Å². The fraction of sp³-hybridized carbons (Fsp3) is 0.231. The highest BCUT2D eigenvalue weighted by Gasteiger charge is 2.17. The molecule has 1 fully saturated rings. The van der Waals surface area contributed by atoms with Gasteiger partial charge >= 0.3 is 0 Å². The minimum atomic E-state index is 0.261. The molecule has 0 amide bonds. The van der Waals surface area contributed by atoms with Gasteiger partial charge < -0.3 is 29.2 Å². The van der Waals surface area contributed by atoms with Gasteiger partial charge in [0.15, 0.2) is 11.5 Å². The summed E-state index contributed by atoms with van der Waals surface area (Å²) in [7, 11) is 2.18. The molecule has 5 aromatic rings. The molecule has 0 saturated carbocycles. The molecular weight excluding hydrogens is 428 g/mol. The molecule has 0 unspecified atom stereocenters. The number of piperazine rings is 1. The molecule has 0 radical (unpaired) electrons. The molecule has 8 heteroatoms. The van der Waals surface area contributed by atoms with Crippen LogP contribution in [0.15, 0.2) is 54.6 Å². The van der Waals surface area contributed by atoms with Crippen LogP contribution in [0.5, 0.6) is 11.5 Å². The maximum Gasteiger partial charge on any atom is 0.231 e. The molecule has 0 atom stereocenters. The predicted octanol–water partition coefficient (Wildman–Crippen LogP) is 4.25. The lowest BCUT2D eigenvalue weighted by molar-refractivity contribution is 0.174. The first-order valence-electron chi connectivity index (χ1n) is 11.5. The van der Waals surface area contributed by atoms with Crippen LogP contribution in [0.4, 0.5) is 5.69 Å². The molecule has 34 heavy (non-hydrogen) atoms. The van der Waals surface area contributed by atoms with Crippen molar-refractivity contribution >= 4 is 27.8 Å². The minimum Gasteiger partial charge on any atom is -0.454 e. The largest absolute Gasteiger partial charge is 0.454 e. The van der Waals surface area contributed by atoms with Gasteiger partial charge in [-0.2, -0.15) is 0 Å². The fourth-order valence-corrected chi connectivity index (χ4v) is 4.73. The van der Waals surface area contributed by atoms with Gasteiger partial charge in [0.25, 0.3) is 0 Å². The summed E-state index contributed by atoms with van der Waals surface area (Å²) in [6, 6.07) is 18.6. The van der Waals surface area contributed by atoms with Crippen LogP contribution in [0.3, 0.4) is 0 Å². The Kier molecular flexibility index (Phi) is 4.28. The second-order valence-electron chi connectivity index (χ2n) is 8.96. The van der Waals surface area contributed by atoms with Crippen LogP contribution in [0, 0.1) is 0 Å². The van der Waals surface area contributed by atoms with E-state index in [-0.39, 0.29) is 6.79 Å². The molecule has 170 valence electrons. The molecule has 2 N–H and O–H groups in total. The average Bonchev–Trinajstić information content (AvgIpc) is 3.60. The van der Waals surface area contributed by atoms with Crippen molar-refractivity contribution in [1.29, 1.82) is 0 Å². The van der Waals surface area contributed by atoms with Crippen molar-refractivity contribution in [3.05, 3.63) is 54.6 Å². The summed E-state index contributed by atoms with van der Waals surface area (Å²) in [5.74, 6) is 3.16. The zero-order valence-corrected chi connectivity index (χ0v) is 18.8. The number of hydrogen-bond acceptors (Lipinski definition) is 6. The number of likely N-dealkylation sites (N-methyl/N-ethyl adjacent to an activating group) is 1. The van der Waals surface area contributed by atoms with E-state index in [1.165, 1.54) is 5.69 Å². The Morgan fingerprint density at radius 2 is 1.35 bits per heavy atom. The fourth-order valence-electron chi connectivity index (χ4n) is 4.73. The molecule has 8 nitrogen and oxygen atoms in total. The van der Waals surface area contributed by atoms with Crippen molar-refractivity contribution in [2.75, 3.05) is 44.9 Å². The lowest BCUT2D eigenvalue weighted by Crippen LogP contribution is -2.44. The quantitative estimate of drug-likeness (QED) is 0.426. The molecule has 7 rings (SSSR count). The number of H-pyrrole nitrogens is 2. The smallest absolute Gasteiger partial charge is 0.231 e. The Bertz CT molecular complexity index is 1530. The number of nitrogens with zero attached hydrogens (tertiary/aromatic N) is 4. The van der Waals surface area contributed by atoms with Crippen LogP contribution in [-0.4, -0.2) is 64.9 Å². The maximum atomic E-state index is 5.51. The van der Waals surface area contributed by atoms with Gasteiger partial charge in [0.2, 0.25) is 6.79 Å². The molecule has 2 aromatic heterocycles. The van der Waals surface area contributed by atoms with Gasteiger partial charge in [-0.25, -0.2) is 9.97 Å². The number of anilines is 1. The number of aromatic amines is 2. The number of nitrogens with one attached hydrogen (secondary N) is 2. The van der Waals surface area contributed by atoms with Gasteiger partial charge in [0.1, 0.15) is 11.6 Å². The van der Waals surface area contributed by atoms with Crippen LogP contribution >= 0.6 is 0 Å².